The fourth-order valence-electron chi connectivity index (χ4n) is 2.52. The molecule has 0 atom stereocenters. The van der Waals surface area contributed by atoms with Crippen LogP contribution in [0.5, 0.6) is 0 Å². The van der Waals surface area contributed by atoms with Gasteiger partial charge in [-0.15, -0.1) is 11.3 Å². The van der Waals surface area contributed by atoms with Crippen LogP contribution in [0, 0.1) is 13.8 Å². The Morgan fingerprint density at radius 2 is 1.76 bits per heavy atom. The molecule has 0 radical (unpaired) electrons. The van der Waals surface area contributed by atoms with Gasteiger partial charge in [-0.3, -0.25) is 0 Å². The maximum Gasteiger partial charge on any atom is 0.127 e. The summed E-state index contributed by atoms with van der Waals surface area (Å²) >= 11 is 1.84. The Morgan fingerprint density at radius 1 is 0.952 bits per heavy atom. The quantitative estimate of drug-likeness (QED) is 0.672. The highest BCUT2D eigenvalue weighted by Crippen LogP contribution is 2.22. The zero-order chi connectivity index (χ0) is 14.7. The summed E-state index contributed by atoms with van der Waals surface area (Å²) in [5.74, 6) is 0. The second kappa shape index (κ2) is 6.31. The molecule has 0 N–H and O–H groups in total. The van der Waals surface area contributed by atoms with E-state index in [-0.39, 0.29) is 0 Å². The van der Waals surface area contributed by atoms with Gasteiger partial charge in [0.25, 0.3) is 0 Å². The van der Waals surface area contributed by atoms with Crippen molar-refractivity contribution in [3.63, 3.8) is 0 Å². The topological polar surface area (TPSA) is 39.2 Å². The number of hydrogen-bond donors (Lipinski definition) is 0. The Balaban J connectivity index is 1.61. The van der Waals surface area contributed by atoms with Gasteiger partial charge >= 0.3 is 0 Å². The van der Waals surface area contributed by atoms with Gasteiger partial charge in [0.1, 0.15) is 6.26 Å². The highest BCUT2D eigenvalue weighted by atomic mass is 32.1. The Hall–Kier alpha value is -1.81. The van der Waals surface area contributed by atoms with Crippen molar-refractivity contribution in [3.8, 4) is 0 Å². The zero-order valence-corrected chi connectivity index (χ0v) is 13.2. The maximum absolute atomic E-state index is 5.24. The second-order valence-corrected chi connectivity index (χ2v) is 6.37. The Morgan fingerprint density at radius 3 is 2.48 bits per heavy atom. The first-order chi connectivity index (χ1) is 10.2. The molecule has 3 nitrogen and oxygen atoms in total. The Kier molecular flexibility index (Phi) is 4.25. The lowest BCUT2D eigenvalue weighted by Crippen LogP contribution is -1.96. The number of nitrogens with zero attached hydrogens (tertiary/aromatic N) is 1. The van der Waals surface area contributed by atoms with E-state index in [1.54, 1.807) is 6.26 Å². The van der Waals surface area contributed by atoms with E-state index in [9.17, 15) is 0 Å². The molecule has 0 aromatic carbocycles. The standard InChI is InChI=1S/C17H19NO2S/c1-12-9-19-10-15(12)4-3-14-7-8-21-17(14)6-5-16-11-20-18-13(16)2/h7-11H,3-6H2,1-2H3. The van der Waals surface area contributed by atoms with Gasteiger partial charge in [0.2, 0.25) is 0 Å². The highest BCUT2D eigenvalue weighted by Gasteiger charge is 2.09. The summed E-state index contributed by atoms with van der Waals surface area (Å²) in [6.07, 6.45) is 9.60. The van der Waals surface area contributed by atoms with E-state index >= 15 is 0 Å². The molecule has 0 aliphatic heterocycles. The smallest absolute Gasteiger partial charge is 0.127 e. The third kappa shape index (κ3) is 3.27. The largest absolute Gasteiger partial charge is 0.472 e. The van der Waals surface area contributed by atoms with Crippen LogP contribution in [-0.2, 0) is 25.7 Å². The van der Waals surface area contributed by atoms with Crippen molar-refractivity contribution in [2.75, 3.05) is 0 Å². The van der Waals surface area contributed by atoms with Crippen LogP contribution in [0.3, 0.4) is 0 Å². The monoisotopic (exact) mass is 301 g/mol. The number of rotatable bonds is 6. The molecule has 3 aromatic rings. The maximum atomic E-state index is 5.24. The van der Waals surface area contributed by atoms with Crippen LogP contribution in [0.2, 0.25) is 0 Å². The SMILES string of the molecule is Cc1cocc1CCc1ccsc1CCc1conc1C. The molecule has 0 aliphatic carbocycles. The first-order valence-electron chi connectivity index (χ1n) is 7.21. The highest BCUT2D eigenvalue weighted by molar-refractivity contribution is 7.10. The molecular weight excluding hydrogens is 282 g/mol. The Bertz CT molecular complexity index is 649. The van der Waals surface area contributed by atoms with Crippen molar-refractivity contribution >= 4 is 11.3 Å². The molecule has 0 unspecified atom stereocenters. The van der Waals surface area contributed by atoms with Crippen LogP contribution in [0.1, 0.15) is 32.8 Å². The van der Waals surface area contributed by atoms with E-state index < -0.39 is 0 Å². The van der Waals surface area contributed by atoms with Gasteiger partial charge in [0.05, 0.1) is 18.2 Å². The van der Waals surface area contributed by atoms with E-state index in [1.807, 2.05) is 30.8 Å². The second-order valence-electron chi connectivity index (χ2n) is 5.37. The Labute approximate surface area is 128 Å². The van der Waals surface area contributed by atoms with Gasteiger partial charge in [0, 0.05) is 10.4 Å². The number of hydrogen-bond acceptors (Lipinski definition) is 4. The van der Waals surface area contributed by atoms with Crippen molar-refractivity contribution in [2.45, 2.75) is 39.5 Å². The molecule has 3 aromatic heterocycles. The number of aryl methyl sites for hydroxylation is 6. The summed E-state index contributed by atoms with van der Waals surface area (Å²) in [7, 11) is 0. The normalized spacial score (nSPS) is 11.1. The molecule has 0 bridgehead atoms. The summed E-state index contributed by atoms with van der Waals surface area (Å²) in [5.41, 5.74) is 6.21. The minimum Gasteiger partial charge on any atom is -0.472 e. The summed E-state index contributed by atoms with van der Waals surface area (Å²) in [4.78, 5) is 1.47. The molecule has 0 saturated heterocycles. The van der Waals surface area contributed by atoms with Crippen LogP contribution >= 0.6 is 11.3 Å². The zero-order valence-electron chi connectivity index (χ0n) is 12.4. The fourth-order valence-corrected chi connectivity index (χ4v) is 3.46. The van der Waals surface area contributed by atoms with Gasteiger partial charge in [0.15, 0.2) is 0 Å². The van der Waals surface area contributed by atoms with Crippen LogP contribution in [-0.4, -0.2) is 5.16 Å². The predicted octanol–water partition coefficient (Wildman–Crippen LogP) is 4.52. The van der Waals surface area contributed by atoms with Crippen LogP contribution in [0.4, 0.5) is 0 Å². The van der Waals surface area contributed by atoms with Gasteiger partial charge in [-0.1, -0.05) is 5.16 Å². The first-order valence-corrected chi connectivity index (χ1v) is 8.09. The van der Waals surface area contributed by atoms with Crippen LogP contribution in [0.15, 0.2) is 39.2 Å². The van der Waals surface area contributed by atoms with E-state index in [4.69, 9.17) is 8.94 Å². The number of aromatic nitrogens is 1. The van der Waals surface area contributed by atoms with Crippen molar-refractivity contribution in [1.82, 2.24) is 5.16 Å². The van der Waals surface area contributed by atoms with Crippen LogP contribution < -0.4 is 0 Å². The van der Waals surface area contributed by atoms with Crippen molar-refractivity contribution < 1.29 is 8.94 Å². The van der Waals surface area contributed by atoms with E-state index in [1.165, 1.54) is 27.1 Å². The molecule has 0 fully saturated rings. The van der Waals surface area contributed by atoms with E-state index in [0.717, 1.165) is 31.4 Å². The third-order valence-electron chi connectivity index (χ3n) is 3.93. The molecule has 0 aliphatic rings. The number of furan rings is 1. The lowest BCUT2D eigenvalue weighted by atomic mass is 10.0. The summed E-state index contributed by atoms with van der Waals surface area (Å²) < 4.78 is 10.2. The van der Waals surface area contributed by atoms with Gasteiger partial charge in [-0.2, -0.15) is 0 Å². The van der Waals surface area contributed by atoms with Crippen molar-refractivity contribution in [3.05, 3.63) is 63.1 Å². The van der Waals surface area contributed by atoms with Crippen molar-refractivity contribution in [2.24, 2.45) is 0 Å². The molecule has 110 valence electrons. The molecule has 3 rings (SSSR count). The molecule has 0 amide bonds. The molecule has 0 spiro atoms. The average Bonchev–Trinajstić information content (AvgIpc) is 3.17. The molecule has 4 heteroatoms. The lowest BCUT2D eigenvalue weighted by molar-refractivity contribution is 0.414. The fraction of sp³-hybridized carbons (Fsp3) is 0.353. The molecular formula is C17H19NO2S. The van der Waals surface area contributed by atoms with Gasteiger partial charge in [-0.05, 0) is 67.7 Å². The van der Waals surface area contributed by atoms with E-state index in [2.05, 4.69) is 23.5 Å². The van der Waals surface area contributed by atoms with Gasteiger partial charge in [-0.25, -0.2) is 0 Å². The molecule has 0 saturated carbocycles. The molecule has 3 heterocycles. The van der Waals surface area contributed by atoms with Crippen molar-refractivity contribution in [1.29, 1.82) is 0 Å². The summed E-state index contributed by atoms with van der Waals surface area (Å²) in [5, 5.41) is 6.12. The first kappa shape index (κ1) is 14.1. The average molecular weight is 301 g/mol. The minimum atomic E-state index is 0.994. The lowest BCUT2D eigenvalue weighted by Gasteiger charge is -2.03. The predicted molar refractivity (Wildman–Crippen MR) is 83.8 cm³/mol. The summed E-state index contributed by atoms with van der Waals surface area (Å²) in [6, 6.07) is 2.25. The van der Waals surface area contributed by atoms with E-state index in [0.29, 0.717) is 0 Å². The van der Waals surface area contributed by atoms with Crippen LogP contribution in [0.25, 0.3) is 0 Å². The third-order valence-corrected chi connectivity index (χ3v) is 4.96. The number of thiophene rings is 1. The minimum absolute atomic E-state index is 0.994. The molecule has 21 heavy (non-hydrogen) atoms. The van der Waals surface area contributed by atoms with Gasteiger partial charge < -0.3 is 8.94 Å². The summed E-state index contributed by atoms with van der Waals surface area (Å²) in [6.45, 7) is 4.10.